The Morgan fingerprint density at radius 3 is 2.84 bits per heavy atom. The standard InChI is InChI=1S/C24H23ClN4O2/c1-17-15-19(8-9-20(17)25)31-14-13-29-22-7-3-2-6-21(22)28-23(29)10-12-27-24(30)18-5-4-11-26-16-18/h2-9,11,15-16H,10,12-14H2,1H3,(H,27,30). The van der Waals surface area contributed by atoms with Crippen LogP contribution in [-0.4, -0.2) is 33.6 Å². The summed E-state index contributed by atoms with van der Waals surface area (Å²) in [7, 11) is 0. The van der Waals surface area contributed by atoms with Crippen molar-refractivity contribution < 1.29 is 9.53 Å². The number of fused-ring (bicyclic) bond motifs is 1. The van der Waals surface area contributed by atoms with Gasteiger partial charge in [0, 0.05) is 30.4 Å². The summed E-state index contributed by atoms with van der Waals surface area (Å²) in [6.07, 6.45) is 3.81. The molecule has 4 aromatic rings. The first-order valence-corrected chi connectivity index (χ1v) is 10.5. The second kappa shape index (κ2) is 9.62. The third-order valence-electron chi connectivity index (χ3n) is 5.00. The highest BCUT2D eigenvalue weighted by Crippen LogP contribution is 2.21. The van der Waals surface area contributed by atoms with Crippen LogP contribution in [0.2, 0.25) is 5.02 Å². The molecule has 0 atom stereocenters. The minimum atomic E-state index is -0.141. The number of amides is 1. The molecule has 1 N–H and O–H groups in total. The Labute approximate surface area is 185 Å². The summed E-state index contributed by atoms with van der Waals surface area (Å²) in [5.74, 6) is 1.55. The number of carbonyl (C=O) groups is 1. The molecule has 1 amide bonds. The number of pyridine rings is 1. The summed E-state index contributed by atoms with van der Waals surface area (Å²) in [4.78, 5) is 21.0. The minimum Gasteiger partial charge on any atom is -0.492 e. The van der Waals surface area contributed by atoms with Crippen LogP contribution in [0, 0.1) is 6.92 Å². The van der Waals surface area contributed by atoms with Crippen molar-refractivity contribution in [2.24, 2.45) is 0 Å². The van der Waals surface area contributed by atoms with Gasteiger partial charge in [-0.05, 0) is 55.0 Å². The molecular formula is C24H23ClN4O2. The summed E-state index contributed by atoms with van der Waals surface area (Å²) >= 11 is 6.09. The summed E-state index contributed by atoms with van der Waals surface area (Å²) < 4.78 is 8.08. The van der Waals surface area contributed by atoms with Crippen molar-refractivity contribution in [2.75, 3.05) is 13.2 Å². The summed E-state index contributed by atoms with van der Waals surface area (Å²) in [5.41, 5.74) is 3.50. The fraction of sp³-hybridized carbons (Fsp3) is 0.208. The van der Waals surface area contributed by atoms with Crippen LogP contribution in [0.3, 0.4) is 0 Å². The predicted molar refractivity (Wildman–Crippen MR) is 122 cm³/mol. The van der Waals surface area contributed by atoms with E-state index in [1.807, 2.05) is 49.4 Å². The fourth-order valence-electron chi connectivity index (χ4n) is 3.41. The van der Waals surface area contributed by atoms with Gasteiger partial charge >= 0.3 is 0 Å². The van der Waals surface area contributed by atoms with Gasteiger partial charge in [-0.15, -0.1) is 0 Å². The topological polar surface area (TPSA) is 69.0 Å². The van der Waals surface area contributed by atoms with Gasteiger partial charge in [0.15, 0.2) is 0 Å². The Hall–Kier alpha value is -3.38. The number of para-hydroxylation sites is 2. The second-order valence-corrected chi connectivity index (χ2v) is 7.58. The number of nitrogens with zero attached hydrogens (tertiary/aromatic N) is 3. The smallest absolute Gasteiger partial charge is 0.252 e. The SMILES string of the molecule is Cc1cc(OCCn2c(CCNC(=O)c3cccnc3)nc3ccccc32)ccc1Cl. The molecule has 2 heterocycles. The third kappa shape index (κ3) is 5.03. The van der Waals surface area contributed by atoms with E-state index >= 15 is 0 Å². The molecule has 0 aliphatic rings. The van der Waals surface area contributed by atoms with Crippen LogP contribution in [0.1, 0.15) is 21.7 Å². The van der Waals surface area contributed by atoms with Crippen LogP contribution in [0.4, 0.5) is 0 Å². The second-order valence-electron chi connectivity index (χ2n) is 7.18. The first-order valence-electron chi connectivity index (χ1n) is 10.1. The van der Waals surface area contributed by atoms with Gasteiger partial charge < -0.3 is 14.6 Å². The third-order valence-corrected chi connectivity index (χ3v) is 5.43. The van der Waals surface area contributed by atoms with Gasteiger partial charge in [0.25, 0.3) is 5.91 Å². The highest BCUT2D eigenvalue weighted by molar-refractivity contribution is 6.31. The number of nitrogens with one attached hydrogen (secondary N) is 1. The van der Waals surface area contributed by atoms with Gasteiger partial charge in [-0.3, -0.25) is 9.78 Å². The monoisotopic (exact) mass is 434 g/mol. The van der Waals surface area contributed by atoms with Gasteiger partial charge in [0.05, 0.1) is 23.1 Å². The number of hydrogen-bond donors (Lipinski definition) is 1. The number of aromatic nitrogens is 3. The maximum absolute atomic E-state index is 12.3. The number of halogens is 1. The molecule has 2 aromatic heterocycles. The Morgan fingerprint density at radius 1 is 1.16 bits per heavy atom. The lowest BCUT2D eigenvalue weighted by Crippen LogP contribution is -2.26. The van der Waals surface area contributed by atoms with Gasteiger partial charge in [-0.1, -0.05) is 23.7 Å². The van der Waals surface area contributed by atoms with E-state index in [9.17, 15) is 4.79 Å². The van der Waals surface area contributed by atoms with E-state index in [0.29, 0.717) is 31.7 Å². The molecule has 0 saturated carbocycles. The van der Waals surface area contributed by atoms with Crippen molar-refractivity contribution in [1.29, 1.82) is 0 Å². The van der Waals surface area contributed by atoms with Gasteiger partial charge in [0.1, 0.15) is 18.2 Å². The largest absolute Gasteiger partial charge is 0.492 e. The fourth-order valence-corrected chi connectivity index (χ4v) is 3.53. The molecule has 0 fully saturated rings. The van der Waals surface area contributed by atoms with E-state index in [4.69, 9.17) is 21.3 Å². The normalized spacial score (nSPS) is 10.9. The minimum absolute atomic E-state index is 0.141. The van der Waals surface area contributed by atoms with E-state index in [0.717, 1.165) is 33.2 Å². The first kappa shape index (κ1) is 20.9. The molecule has 0 aliphatic carbocycles. The lowest BCUT2D eigenvalue weighted by Gasteiger charge is -2.12. The Morgan fingerprint density at radius 2 is 2.03 bits per heavy atom. The van der Waals surface area contributed by atoms with E-state index < -0.39 is 0 Å². The number of rotatable bonds is 8. The van der Waals surface area contributed by atoms with Crippen LogP contribution >= 0.6 is 11.6 Å². The maximum atomic E-state index is 12.3. The van der Waals surface area contributed by atoms with Crippen molar-refractivity contribution in [2.45, 2.75) is 19.9 Å². The predicted octanol–water partition coefficient (Wildman–Crippen LogP) is 4.44. The Kier molecular flexibility index (Phi) is 6.48. The van der Waals surface area contributed by atoms with Crippen molar-refractivity contribution in [3.8, 4) is 5.75 Å². The lowest BCUT2D eigenvalue weighted by molar-refractivity contribution is 0.0953. The van der Waals surface area contributed by atoms with Gasteiger partial charge in [0.2, 0.25) is 0 Å². The average Bonchev–Trinajstić information content (AvgIpc) is 3.14. The summed E-state index contributed by atoms with van der Waals surface area (Å²) in [6.45, 7) is 3.58. The molecule has 0 radical (unpaired) electrons. The van der Waals surface area contributed by atoms with Gasteiger partial charge in [-0.25, -0.2) is 4.98 Å². The van der Waals surface area contributed by atoms with Crippen LogP contribution in [-0.2, 0) is 13.0 Å². The van der Waals surface area contributed by atoms with Gasteiger partial charge in [-0.2, -0.15) is 0 Å². The number of aryl methyl sites for hydroxylation is 1. The molecule has 7 heteroatoms. The zero-order chi connectivity index (χ0) is 21.6. The van der Waals surface area contributed by atoms with E-state index in [2.05, 4.69) is 14.9 Å². The molecular weight excluding hydrogens is 412 g/mol. The Bertz CT molecular complexity index is 1190. The highest BCUT2D eigenvalue weighted by atomic mass is 35.5. The molecule has 6 nitrogen and oxygen atoms in total. The van der Waals surface area contributed by atoms with E-state index in [1.54, 1.807) is 24.5 Å². The van der Waals surface area contributed by atoms with E-state index in [-0.39, 0.29) is 5.91 Å². The number of ether oxygens (including phenoxy) is 1. The molecule has 31 heavy (non-hydrogen) atoms. The van der Waals surface area contributed by atoms with Crippen molar-refractivity contribution in [3.63, 3.8) is 0 Å². The molecule has 4 rings (SSSR count). The highest BCUT2D eigenvalue weighted by Gasteiger charge is 2.12. The van der Waals surface area contributed by atoms with Crippen molar-refractivity contribution >= 4 is 28.5 Å². The number of benzene rings is 2. The van der Waals surface area contributed by atoms with Crippen LogP contribution in [0.5, 0.6) is 5.75 Å². The molecule has 0 aliphatic heterocycles. The molecule has 2 aromatic carbocycles. The van der Waals surface area contributed by atoms with Crippen molar-refractivity contribution in [3.05, 3.63) is 89.0 Å². The molecule has 0 unspecified atom stereocenters. The summed E-state index contributed by atoms with van der Waals surface area (Å²) in [5, 5.41) is 3.66. The van der Waals surface area contributed by atoms with Crippen LogP contribution < -0.4 is 10.1 Å². The molecule has 0 spiro atoms. The molecule has 0 saturated heterocycles. The number of hydrogen-bond acceptors (Lipinski definition) is 4. The van der Waals surface area contributed by atoms with Crippen molar-refractivity contribution in [1.82, 2.24) is 19.9 Å². The zero-order valence-electron chi connectivity index (χ0n) is 17.2. The van der Waals surface area contributed by atoms with Crippen LogP contribution in [0.15, 0.2) is 67.0 Å². The number of carbonyl (C=O) groups excluding carboxylic acids is 1. The lowest BCUT2D eigenvalue weighted by atomic mass is 10.2. The first-order chi connectivity index (χ1) is 15.1. The summed E-state index contributed by atoms with van der Waals surface area (Å²) in [6, 6.07) is 17.1. The van der Waals surface area contributed by atoms with Crippen LogP contribution in [0.25, 0.3) is 11.0 Å². The zero-order valence-corrected chi connectivity index (χ0v) is 18.0. The maximum Gasteiger partial charge on any atom is 0.252 e. The number of imidazole rings is 1. The molecule has 158 valence electrons. The van der Waals surface area contributed by atoms with E-state index in [1.165, 1.54) is 0 Å². The quantitative estimate of drug-likeness (QED) is 0.445. The molecule has 0 bridgehead atoms. The Balaban J connectivity index is 1.42. The average molecular weight is 435 g/mol.